The fourth-order valence-corrected chi connectivity index (χ4v) is 3.56. The summed E-state index contributed by atoms with van der Waals surface area (Å²) in [6.45, 7) is 7.44. The third-order valence-electron chi connectivity index (χ3n) is 5.64. The van der Waals surface area contributed by atoms with E-state index in [4.69, 9.17) is 11.6 Å². The number of amides is 1. The molecule has 4 aromatic rings. The first-order valence-electron chi connectivity index (χ1n) is 11.4. The minimum Gasteiger partial charge on any atom is -0.357 e. The summed E-state index contributed by atoms with van der Waals surface area (Å²) in [6.07, 6.45) is 0.512. The standard InChI is InChI=1S/C28H23ClF3N5O/c1-16(7-8-17(2)27(38)35-22-6-4-5-20(15-22)28(30,31)32)18(3)34-26-24-23(13-14-33-24)36-25(37-26)19-9-11-21(29)12-10-19/h4-15,33H,3H2,1-2H3,(H,35,38)(H,34,36,37)/b16-7-,17-8+. The number of halogens is 4. The SMILES string of the molecule is C=C(Nc1nc(-c2ccc(Cl)cc2)nc2cc[nH]c12)/C(C)=C\C=C(/C)C(=O)Nc1cccc(C(F)(F)F)c1. The highest BCUT2D eigenvalue weighted by Crippen LogP contribution is 2.31. The molecule has 0 aliphatic rings. The van der Waals surface area contributed by atoms with Crippen molar-refractivity contribution in [1.82, 2.24) is 15.0 Å². The Bertz CT molecular complexity index is 1570. The van der Waals surface area contributed by atoms with Crippen LogP contribution in [-0.4, -0.2) is 20.9 Å². The smallest absolute Gasteiger partial charge is 0.357 e. The van der Waals surface area contributed by atoms with Crippen molar-refractivity contribution in [2.75, 3.05) is 10.6 Å². The van der Waals surface area contributed by atoms with Gasteiger partial charge >= 0.3 is 6.18 Å². The van der Waals surface area contributed by atoms with Crippen LogP contribution in [0.4, 0.5) is 24.7 Å². The Balaban J connectivity index is 1.49. The number of carbonyl (C=O) groups excluding carboxylic acids is 1. The van der Waals surface area contributed by atoms with Gasteiger partial charge in [-0.25, -0.2) is 9.97 Å². The van der Waals surface area contributed by atoms with Crippen LogP contribution in [0.2, 0.25) is 5.02 Å². The predicted molar refractivity (Wildman–Crippen MR) is 145 cm³/mol. The minimum atomic E-state index is -4.50. The summed E-state index contributed by atoms with van der Waals surface area (Å²) in [6, 6.07) is 13.5. The van der Waals surface area contributed by atoms with Crippen molar-refractivity contribution in [1.29, 1.82) is 0 Å². The lowest BCUT2D eigenvalue weighted by atomic mass is 10.1. The summed E-state index contributed by atoms with van der Waals surface area (Å²) in [5, 5.41) is 6.29. The maximum absolute atomic E-state index is 12.9. The van der Waals surface area contributed by atoms with E-state index >= 15 is 0 Å². The Morgan fingerprint density at radius 1 is 1.00 bits per heavy atom. The van der Waals surface area contributed by atoms with Gasteiger partial charge in [0.25, 0.3) is 5.91 Å². The normalized spacial score (nSPS) is 12.5. The number of nitrogens with zero attached hydrogens (tertiary/aromatic N) is 2. The first-order valence-corrected chi connectivity index (χ1v) is 11.8. The van der Waals surface area contributed by atoms with Gasteiger partial charge in [-0.15, -0.1) is 0 Å². The number of anilines is 2. The second kappa shape index (κ2) is 10.9. The van der Waals surface area contributed by atoms with E-state index in [0.717, 1.165) is 17.7 Å². The number of benzene rings is 2. The molecular weight excluding hydrogens is 515 g/mol. The first kappa shape index (κ1) is 26.7. The summed E-state index contributed by atoms with van der Waals surface area (Å²) in [4.78, 5) is 24.9. The lowest BCUT2D eigenvalue weighted by molar-refractivity contribution is -0.137. The Kier molecular flexibility index (Phi) is 7.68. The fourth-order valence-electron chi connectivity index (χ4n) is 3.43. The van der Waals surface area contributed by atoms with Crippen molar-refractivity contribution in [3.63, 3.8) is 0 Å². The van der Waals surface area contributed by atoms with E-state index in [1.807, 2.05) is 18.2 Å². The Morgan fingerprint density at radius 3 is 2.42 bits per heavy atom. The van der Waals surface area contributed by atoms with Gasteiger partial charge in [-0.05, 0) is 68.0 Å². The minimum absolute atomic E-state index is 0.0552. The van der Waals surface area contributed by atoms with Gasteiger partial charge < -0.3 is 15.6 Å². The number of alkyl halides is 3. The number of carbonyl (C=O) groups is 1. The summed E-state index contributed by atoms with van der Waals surface area (Å²) in [5.74, 6) is 0.502. The highest BCUT2D eigenvalue weighted by Gasteiger charge is 2.30. The van der Waals surface area contributed by atoms with E-state index in [1.165, 1.54) is 12.1 Å². The fraction of sp³-hybridized carbons (Fsp3) is 0.107. The maximum atomic E-state index is 12.9. The van der Waals surface area contributed by atoms with Crippen molar-refractivity contribution >= 4 is 40.0 Å². The summed E-state index contributed by atoms with van der Waals surface area (Å²) in [5.41, 5.74) is 2.96. The largest absolute Gasteiger partial charge is 0.416 e. The van der Waals surface area contributed by atoms with Crippen molar-refractivity contribution in [3.8, 4) is 11.4 Å². The summed E-state index contributed by atoms with van der Waals surface area (Å²) < 4.78 is 38.8. The Labute approximate surface area is 222 Å². The molecule has 3 N–H and O–H groups in total. The van der Waals surface area contributed by atoms with Crippen molar-refractivity contribution in [2.45, 2.75) is 20.0 Å². The quantitative estimate of drug-likeness (QED) is 0.166. The number of rotatable bonds is 7. The molecule has 0 atom stereocenters. The molecule has 2 aromatic carbocycles. The lowest BCUT2D eigenvalue weighted by Gasteiger charge is -2.12. The van der Waals surface area contributed by atoms with Crippen LogP contribution < -0.4 is 10.6 Å². The molecule has 38 heavy (non-hydrogen) atoms. The van der Waals surface area contributed by atoms with Gasteiger partial charge in [0.05, 0.1) is 11.1 Å². The van der Waals surface area contributed by atoms with Gasteiger partial charge in [0.2, 0.25) is 0 Å². The van der Waals surface area contributed by atoms with E-state index in [2.05, 4.69) is 32.2 Å². The van der Waals surface area contributed by atoms with Crippen LogP contribution in [0.3, 0.4) is 0 Å². The monoisotopic (exact) mass is 537 g/mol. The molecule has 6 nitrogen and oxygen atoms in total. The van der Waals surface area contributed by atoms with Crippen LogP contribution in [0.25, 0.3) is 22.4 Å². The highest BCUT2D eigenvalue weighted by molar-refractivity contribution is 6.30. The third kappa shape index (κ3) is 6.30. The van der Waals surface area contributed by atoms with E-state index in [0.29, 0.717) is 44.5 Å². The van der Waals surface area contributed by atoms with Crippen LogP contribution >= 0.6 is 11.6 Å². The molecule has 0 radical (unpaired) electrons. The number of aromatic amines is 1. The Morgan fingerprint density at radius 2 is 1.71 bits per heavy atom. The molecule has 0 unspecified atom stereocenters. The zero-order chi connectivity index (χ0) is 27.4. The van der Waals surface area contributed by atoms with E-state index < -0.39 is 17.6 Å². The molecule has 0 aliphatic heterocycles. The van der Waals surface area contributed by atoms with E-state index in [1.54, 1.807) is 44.3 Å². The van der Waals surface area contributed by atoms with Gasteiger partial charge in [0.1, 0.15) is 5.52 Å². The molecular formula is C28H23ClF3N5O. The van der Waals surface area contributed by atoms with Crippen LogP contribution in [0.5, 0.6) is 0 Å². The van der Waals surface area contributed by atoms with E-state index in [9.17, 15) is 18.0 Å². The number of aromatic nitrogens is 3. The van der Waals surface area contributed by atoms with E-state index in [-0.39, 0.29) is 5.69 Å². The van der Waals surface area contributed by atoms with Gasteiger partial charge in [0, 0.05) is 33.7 Å². The molecule has 0 fully saturated rings. The lowest BCUT2D eigenvalue weighted by Crippen LogP contribution is -2.13. The van der Waals surface area contributed by atoms with Gasteiger partial charge in [0.15, 0.2) is 11.6 Å². The predicted octanol–water partition coefficient (Wildman–Crippen LogP) is 7.75. The van der Waals surface area contributed by atoms with Gasteiger partial charge in [-0.2, -0.15) is 13.2 Å². The third-order valence-corrected chi connectivity index (χ3v) is 5.89. The second-order valence-corrected chi connectivity index (χ2v) is 8.91. The molecule has 0 saturated heterocycles. The molecule has 0 aliphatic carbocycles. The molecule has 4 rings (SSSR count). The zero-order valence-electron chi connectivity index (χ0n) is 20.4. The average Bonchev–Trinajstić information content (AvgIpc) is 3.36. The molecule has 0 bridgehead atoms. The number of nitrogens with one attached hydrogen (secondary N) is 3. The second-order valence-electron chi connectivity index (χ2n) is 8.48. The molecule has 194 valence electrons. The molecule has 1 amide bonds. The Hall–Kier alpha value is -4.37. The molecule has 10 heteroatoms. The summed E-state index contributed by atoms with van der Waals surface area (Å²) >= 11 is 6.00. The van der Waals surface area contributed by atoms with Crippen LogP contribution in [0.1, 0.15) is 19.4 Å². The molecule has 0 saturated carbocycles. The summed E-state index contributed by atoms with van der Waals surface area (Å²) in [7, 11) is 0. The molecule has 2 aromatic heterocycles. The average molecular weight is 538 g/mol. The number of allylic oxidation sites excluding steroid dienone is 3. The van der Waals surface area contributed by atoms with Crippen molar-refractivity contribution < 1.29 is 18.0 Å². The first-order chi connectivity index (χ1) is 18.0. The maximum Gasteiger partial charge on any atom is 0.416 e. The van der Waals surface area contributed by atoms with Gasteiger partial charge in [-0.3, -0.25) is 4.79 Å². The zero-order valence-corrected chi connectivity index (χ0v) is 21.2. The van der Waals surface area contributed by atoms with Crippen LogP contribution in [0.15, 0.2) is 96.4 Å². The molecule has 0 spiro atoms. The number of hydrogen-bond acceptors (Lipinski definition) is 4. The molecule has 2 heterocycles. The van der Waals surface area contributed by atoms with Crippen molar-refractivity contribution in [2.24, 2.45) is 0 Å². The van der Waals surface area contributed by atoms with Crippen LogP contribution in [-0.2, 0) is 11.0 Å². The van der Waals surface area contributed by atoms with Crippen LogP contribution in [0, 0.1) is 0 Å². The highest BCUT2D eigenvalue weighted by atomic mass is 35.5. The van der Waals surface area contributed by atoms with Crippen molar-refractivity contribution in [3.05, 3.63) is 107 Å². The van der Waals surface area contributed by atoms with Gasteiger partial charge in [-0.1, -0.05) is 36.4 Å². The topological polar surface area (TPSA) is 82.7 Å². The number of hydrogen-bond donors (Lipinski definition) is 3. The number of H-pyrrole nitrogens is 1. The number of fused-ring (bicyclic) bond motifs is 1.